The summed E-state index contributed by atoms with van der Waals surface area (Å²) in [5, 5.41) is 16.2. The first kappa shape index (κ1) is 8.26. The molecule has 0 aliphatic heterocycles. The van der Waals surface area contributed by atoms with Crippen molar-refractivity contribution in [1.29, 1.82) is 0 Å². The summed E-state index contributed by atoms with van der Waals surface area (Å²) in [5.41, 5.74) is 0. The SMILES string of the molecule is CC(=O)CC(=O)C(O)O. The Morgan fingerprint density at radius 3 is 2.00 bits per heavy atom. The van der Waals surface area contributed by atoms with Crippen LogP contribution in [0.3, 0.4) is 0 Å². The van der Waals surface area contributed by atoms with Gasteiger partial charge in [0, 0.05) is 0 Å². The quantitative estimate of drug-likeness (QED) is 0.375. The molecule has 9 heavy (non-hydrogen) atoms. The second kappa shape index (κ2) is 3.32. The fraction of sp³-hybridized carbons (Fsp3) is 0.600. The topological polar surface area (TPSA) is 74.6 Å². The summed E-state index contributed by atoms with van der Waals surface area (Å²) in [6.07, 6.45) is -2.41. The fourth-order valence-corrected chi connectivity index (χ4v) is 0.337. The zero-order valence-electron chi connectivity index (χ0n) is 5.00. The van der Waals surface area contributed by atoms with Crippen LogP contribution in [0.4, 0.5) is 0 Å². The molecule has 0 unspecified atom stereocenters. The van der Waals surface area contributed by atoms with E-state index in [1.807, 2.05) is 0 Å². The summed E-state index contributed by atoms with van der Waals surface area (Å²) in [5.74, 6) is -1.23. The molecule has 0 saturated heterocycles. The third-order valence-electron chi connectivity index (χ3n) is 0.711. The average Bonchev–Trinajstić information content (AvgIpc) is 1.63. The van der Waals surface area contributed by atoms with Gasteiger partial charge >= 0.3 is 0 Å². The monoisotopic (exact) mass is 132 g/mol. The zero-order chi connectivity index (χ0) is 7.44. The Hall–Kier alpha value is -0.740. The van der Waals surface area contributed by atoms with Crippen molar-refractivity contribution in [3.05, 3.63) is 0 Å². The van der Waals surface area contributed by atoms with E-state index in [9.17, 15) is 9.59 Å². The first-order valence-corrected chi connectivity index (χ1v) is 2.42. The van der Waals surface area contributed by atoms with E-state index in [0.717, 1.165) is 0 Å². The van der Waals surface area contributed by atoms with E-state index in [1.165, 1.54) is 6.92 Å². The van der Waals surface area contributed by atoms with Gasteiger partial charge in [-0.25, -0.2) is 0 Å². The van der Waals surface area contributed by atoms with E-state index in [1.54, 1.807) is 0 Å². The molecule has 0 aromatic carbocycles. The van der Waals surface area contributed by atoms with E-state index < -0.39 is 18.5 Å². The molecule has 2 N–H and O–H groups in total. The minimum Gasteiger partial charge on any atom is -0.362 e. The lowest BCUT2D eigenvalue weighted by Crippen LogP contribution is -2.21. The highest BCUT2D eigenvalue weighted by molar-refractivity contribution is 5.99. The van der Waals surface area contributed by atoms with Crippen LogP contribution in [-0.2, 0) is 9.59 Å². The lowest BCUT2D eigenvalue weighted by molar-refractivity contribution is -0.146. The summed E-state index contributed by atoms with van der Waals surface area (Å²) in [6, 6.07) is 0. The van der Waals surface area contributed by atoms with Crippen molar-refractivity contribution in [2.24, 2.45) is 0 Å². The predicted molar refractivity (Wildman–Crippen MR) is 28.5 cm³/mol. The minimum atomic E-state index is -2.01. The van der Waals surface area contributed by atoms with E-state index in [-0.39, 0.29) is 5.78 Å². The second-order valence-corrected chi connectivity index (χ2v) is 1.72. The van der Waals surface area contributed by atoms with Gasteiger partial charge in [-0.05, 0) is 6.92 Å². The number of carbonyl (C=O) groups excluding carboxylic acids is 2. The molecule has 4 heteroatoms. The Kier molecular flexibility index (Phi) is 3.05. The third kappa shape index (κ3) is 3.81. The highest BCUT2D eigenvalue weighted by Gasteiger charge is 2.11. The predicted octanol–water partition coefficient (Wildman–Crippen LogP) is -1.15. The van der Waals surface area contributed by atoms with Crippen LogP contribution >= 0.6 is 0 Å². The number of hydrogen-bond donors (Lipinski definition) is 2. The van der Waals surface area contributed by atoms with Gasteiger partial charge in [-0.2, -0.15) is 0 Å². The molecule has 0 saturated carbocycles. The molecule has 0 rings (SSSR count). The van der Waals surface area contributed by atoms with E-state index >= 15 is 0 Å². The van der Waals surface area contributed by atoms with Crippen LogP contribution < -0.4 is 0 Å². The van der Waals surface area contributed by atoms with Crippen molar-refractivity contribution in [3.63, 3.8) is 0 Å². The van der Waals surface area contributed by atoms with Gasteiger partial charge in [0.2, 0.25) is 6.29 Å². The second-order valence-electron chi connectivity index (χ2n) is 1.72. The van der Waals surface area contributed by atoms with Gasteiger partial charge in [0.15, 0.2) is 5.78 Å². The Bertz CT molecular complexity index is 127. The van der Waals surface area contributed by atoms with Crippen LogP contribution in [0, 0.1) is 0 Å². The summed E-state index contributed by atoms with van der Waals surface area (Å²) in [4.78, 5) is 20.3. The molecule has 0 aromatic heterocycles. The van der Waals surface area contributed by atoms with Gasteiger partial charge < -0.3 is 10.2 Å². The molecular formula is C5H8O4. The third-order valence-corrected chi connectivity index (χ3v) is 0.711. The standard InChI is InChI=1S/C5H8O4/c1-3(6)2-4(7)5(8)9/h5,8-9H,2H2,1H3. The van der Waals surface area contributed by atoms with Gasteiger partial charge in [-0.3, -0.25) is 9.59 Å². The maximum Gasteiger partial charge on any atom is 0.213 e. The average molecular weight is 132 g/mol. The molecule has 0 atom stereocenters. The van der Waals surface area contributed by atoms with Crippen molar-refractivity contribution in [3.8, 4) is 0 Å². The van der Waals surface area contributed by atoms with Crippen molar-refractivity contribution in [2.75, 3.05) is 0 Å². The summed E-state index contributed by atoms with van der Waals surface area (Å²) in [7, 11) is 0. The summed E-state index contributed by atoms with van der Waals surface area (Å²) < 4.78 is 0. The van der Waals surface area contributed by atoms with E-state index in [0.29, 0.717) is 0 Å². The van der Waals surface area contributed by atoms with E-state index in [2.05, 4.69) is 0 Å². The Morgan fingerprint density at radius 1 is 1.44 bits per heavy atom. The van der Waals surface area contributed by atoms with Gasteiger partial charge in [0.05, 0.1) is 6.42 Å². The number of ketones is 2. The number of rotatable bonds is 3. The molecule has 0 aromatic rings. The minimum absolute atomic E-state index is 0.367. The Morgan fingerprint density at radius 2 is 1.89 bits per heavy atom. The molecule has 0 bridgehead atoms. The highest BCUT2D eigenvalue weighted by Crippen LogP contribution is 1.87. The van der Waals surface area contributed by atoms with Crippen molar-refractivity contribution < 1.29 is 19.8 Å². The number of hydrogen-bond acceptors (Lipinski definition) is 4. The van der Waals surface area contributed by atoms with Crippen LogP contribution in [0.5, 0.6) is 0 Å². The number of aliphatic hydroxyl groups excluding tert-OH is 1. The molecule has 4 nitrogen and oxygen atoms in total. The largest absolute Gasteiger partial charge is 0.362 e. The molecule has 0 aliphatic rings. The maximum absolute atomic E-state index is 10.2. The van der Waals surface area contributed by atoms with Crippen LogP contribution in [0.15, 0.2) is 0 Å². The van der Waals surface area contributed by atoms with Crippen molar-refractivity contribution in [2.45, 2.75) is 19.6 Å². The van der Waals surface area contributed by atoms with Gasteiger partial charge in [-0.15, -0.1) is 0 Å². The zero-order valence-corrected chi connectivity index (χ0v) is 5.00. The summed E-state index contributed by atoms with van der Waals surface area (Å²) in [6.45, 7) is 1.21. The number of carbonyl (C=O) groups is 2. The maximum atomic E-state index is 10.2. The number of aliphatic hydroxyl groups is 2. The Balaban J connectivity index is 3.64. The molecule has 0 heterocycles. The van der Waals surface area contributed by atoms with Gasteiger partial charge in [0.25, 0.3) is 0 Å². The van der Waals surface area contributed by atoms with Crippen molar-refractivity contribution in [1.82, 2.24) is 0 Å². The fourth-order valence-electron chi connectivity index (χ4n) is 0.337. The number of Topliss-reactive ketones (excluding diaryl/α,β-unsaturated/α-hetero) is 2. The lowest BCUT2D eigenvalue weighted by Gasteiger charge is -1.97. The highest BCUT2D eigenvalue weighted by atomic mass is 16.5. The molecule has 52 valence electrons. The normalized spacial score (nSPS) is 9.78. The van der Waals surface area contributed by atoms with Gasteiger partial charge in [-0.1, -0.05) is 0 Å². The molecule has 0 fully saturated rings. The van der Waals surface area contributed by atoms with Crippen LogP contribution in [0.25, 0.3) is 0 Å². The van der Waals surface area contributed by atoms with E-state index in [4.69, 9.17) is 10.2 Å². The van der Waals surface area contributed by atoms with Crippen molar-refractivity contribution >= 4 is 11.6 Å². The molecule has 0 spiro atoms. The van der Waals surface area contributed by atoms with Crippen LogP contribution in [0.1, 0.15) is 13.3 Å². The first-order valence-electron chi connectivity index (χ1n) is 2.42. The lowest BCUT2D eigenvalue weighted by atomic mass is 10.2. The first-order chi connectivity index (χ1) is 4.04. The molecular weight excluding hydrogens is 124 g/mol. The molecule has 0 aliphatic carbocycles. The molecule has 0 radical (unpaired) electrons. The van der Waals surface area contributed by atoms with Gasteiger partial charge in [0.1, 0.15) is 5.78 Å². The summed E-state index contributed by atoms with van der Waals surface area (Å²) >= 11 is 0. The molecule has 0 amide bonds. The van der Waals surface area contributed by atoms with Crippen LogP contribution in [-0.4, -0.2) is 28.1 Å². The Labute approximate surface area is 52.1 Å². The smallest absolute Gasteiger partial charge is 0.213 e. The van der Waals surface area contributed by atoms with Crippen LogP contribution in [0.2, 0.25) is 0 Å².